The van der Waals surface area contributed by atoms with Gasteiger partial charge in [0.05, 0.1) is 11.6 Å². The standard InChI is InChI=1S/C24H21F2N3O4/c1-4-6-15-7-5-8-18(13-15)33-23-19(20(21(25)26)28-29(23)3)22(30)27-14(2)16-9-11-17(12-10-16)24(31)32/h5,7-14,21H,1-3H3,(H,27,30)(H,31,32). The Morgan fingerprint density at radius 2 is 1.88 bits per heavy atom. The van der Waals surface area contributed by atoms with Crippen LogP contribution >= 0.6 is 0 Å². The number of nitrogens with zero attached hydrogens (tertiary/aromatic N) is 2. The molecule has 1 atom stereocenters. The SMILES string of the molecule is CC#Cc1cccc(Oc2c(C(=O)NC(C)c3ccc(C(=O)O)cc3)c(C(F)F)nn2C)c1. The molecule has 170 valence electrons. The zero-order valence-corrected chi connectivity index (χ0v) is 18.1. The van der Waals surface area contributed by atoms with Crippen LogP contribution in [0.4, 0.5) is 8.78 Å². The van der Waals surface area contributed by atoms with E-state index in [1.165, 1.54) is 19.2 Å². The minimum absolute atomic E-state index is 0.0928. The van der Waals surface area contributed by atoms with Gasteiger partial charge in [0.1, 0.15) is 17.0 Å². The third-order valence-corrected chi connectivity index (χ3v) is 4.78. The summed E-state index contributed by atoms with van der Waals surface area (Å²) in [5.41, 5.74) is 0.270. The van der Waals surface area contributed by atoms with E-state index in [0.29, 0.717) is 16.9 Å². The van der Waals surface area contributed by atoms with E-state index >= 15 is 0 Å². The number of rotatable bonds is 7. The van der Waals surface area contributed by atoms with Crippen molar-refractivity contribution >= 4 is 11.9 Å². The van der Waals surface area contributed by atoms with Gasteiger partial charge in [-0.3, -0.25) is 4.79 Å². The second-order valence-corrected chi connectivity index (χ2v) is 7.12. The number of hydrogen-bond donors (Lipinski definition) is 2. The number of hydrogen-bond acceptors (Lipinski definition) is 4. The lowest BCUT2D eigenvalue weighted by Crippen LogP contribution is -2.27. The molecule has 2 N–H and O–H groups in total. The number of carbonyl (C=O) groups is 2. The Labute approximate surface area is 189 Å². The molecule has 0 bridgehead atoms. The highest BCUT2D eigenvalue weighted by atomic mass is 19.3. The van der Waals surface area contributed by atoms with Gasteiger partial charge in [-0.05, 0) is 49.7 Å². The van der Waals surface area contributed by atoms with Crippen LogP contribution in [0.5, 0.6) is 11.6 Å². The Hall–Kier alpha value is -4.19. The minimum atomic E-state index is -3.00. The van der Waals surface area contributed by atoms with Gasteiger partial charge in [-0.1, -0.05) is 24.1 Å². The van der Waals surface area contributed by atoms with Gasteiger partial charge in [-0.2, -0.15) is 5.10 Å². The molecule has 0 saturated carbocycles. The summed E-state index contributed by atoms with van der Waals surface area (Å²) in [5.74, 6) is 3.93. The summed E-state index contributed by atoms with van der Waals surface area (Å²) < 4.78 is 34.2. The van der Waals surface area contributed by atoms with E-state index in [1.807, 2.05) is 0 Å². The lowest BCUT2D eigenvalue weighted by molar-refractivity contribution is 0.0696. The highest BCUT2D eigenvalue weighted by molar-refractivity contribution is 5.98. The molecule has 3 aromatic rings. The van der Waals surface area contributed by atoms with Crippen LogP contribution in [0.15, 0.2) is 48.5 Å². The van der Waals surface area contributed by atoms with Crippen LogP contribution in [-0.4, -0.2) is 26.8 Å². The van der Waals surface area contributed by atoms with E-state index < -0.39 is 30.0 Å². The van der Waals surface area contributed by atoms with Crippen molar-refractivity contribution in [1.82, 2.24) is 15.1 Å². The van der Waals surface area contributed by atoms with Crippen LogP contribution in [0.2, 0.25) is 0 Å². The molecule has 0 aliphatic carbocycles. The Morgan fingerprint density at radius 3 is 2.48 bits per heavy atom. The molecule has 2 aromatic carbocycles. The molecule has 1 heterocycles. The van der Waals surface area contributed by atoms with Crippen LogP contribution in [-0.2, 0) is 7.05 Å². The molecule has 0 radical (unpaired) electrons. The minimum Gasteiger partial charge on any atom is -0.478 e. The summed E-state index contributed by atoms with van der Waals surface area (Å²) >= 11 is 0. The molecule has 3 rings (SSSR count). The van der Waals surface area contributed by atoms with E-state index in [0.717, 1.165) is 4.68 Å². The second-order valence-electron chi connectivity index (χ2n) is 7.12. The number of carboxylic acids is 1. The van der Waals surface area contributed by atoms with Crippen molar-refractivity contribution in [1.29, 1.82) is 0 Å². The average Bonchev–Trinajstić information content (AvgIpc) is 3.10. The lowest BCUT2D eigenvalue weighted by Gasteiger charge is -2.16. The number of aromatic nitrogens is 2. The molecule has 1 amide bonds. The molecule has 33 heavy (non-hydrogen) atoms. The predicted octanol–water partition coefficient (Wildman–Crippen LogP) is 4.71. The number of aromatic carboxylic acids is 1. The maximum Gasteiger partial charge on any atom is 0.335 e. The van der Waals surface area contributed by atoms with E-state index in [-0.39, 0.29) is 17.0 Å². The first kappa shape index (κ1) is 23.5. The smallest absolute Gasteiger partial charge is 0.335 e. The van der Waals surface area contributed by atoms with E-state index in [4.69, 9.17) is 9.84 Å². The fraction of sp³-hybridized carbons (Fsp3) is 0.208. The van der Waals surface area contributed by atoms with E-state index in [2.05, 4.69) is 22.3 Å². The molecule has 0 aliphatic heterocycles. The van der Waals surface area contributed by atoms with E-state index in [1.54, 1.807) is 50.2 Å². The van der Waals surface area contributed by atoms with Crippen LogP contribution in [0.25, 0.3) is 0 Å². The molecule has 7 nitrogen and oxygen atoms in total. The normalized spacial score (nSPS) is 11.5. The Kier molecular flexibility index (Phi) is 7.08. The van der Waals surface area contributed by atoms with Crippen LogP contribution in [0.3, 0.4) is 0 Å². The number of aryl methyl sites for hydroxylation is 1. The number of carbonyl (C=O) groups excluding carboxylic acids is 1. The maximum atomic E-state index is 13.7. The summed E-state index contributed by atoms with van der Waals surface area (Å²) in [6.07, 6.45) is -3.00. The average molecular weight is 453 g/mol. The summed E-state index contributed by atoms with van der Waals surface area (Å²) in [5, 5.41) is 15.5. The van der Waals surface area contributed by atoms with Gasteiger partial charge in [-0.15, -0.1) is 5.92 Å². The highest BCUT2D eigenvalue weighted by Gasteiger charge is 2.30. The largest absolute Gasteiger partial charge is 0.478 e. The zero-order valence-electron chi connectivity index (χ0n) is 18.1. The van der Waals surface area contributed by atoms with Crippen molar-refractivity contribution in [3.63, 3.8) is 0 Å². The quantitative estimate of drug-likeness (QED) is 0.506. The Morgan fingerprint density at radius 1 is 1.18 bits per heavy atom. The number of carboxylic acid groups (broad SMARTS) is 1. The summed E-state index contributed by atoms with van der Waals surface area (Å²) in [4.78, 5) is 24.1. The lowest BCUT2D eigenvalue weighted by atomic mass is 10.1. The number of nitrogens with one attached hydrogen (secondary N) is 1. The topological polar surface area (TPSA) is 93.4 Å². The molecular formula is C24H21F2N3O4. The van der Waals surface area contributed by atoms with Gasteiger partial charge in [-0.25, -0.2) is 18.3 Å². The third kappa shape index (κ3) is 5.36. The maximum absolute atomic E-state index is 13.7. The molecule has 1 aromatic heterocycles. The van der Waals surface area contributed by atoms with Crippen molar-refractivity contribution in [2.45, 2.75) is 26.3 Å². The predicted molar refractivity (Wildman–Crippen MR) is 117 cm³/mol. The first-order valence-electron chi connectivity index (χ1n) is 9.91. The third-order valence-electron chi connectivity index (χ3n) is 4.78. The zero-order chi connectivity index (χ0) is 24.1. The number of halogens is 2. The summed E-state index contributed by atoms with van der Waals surface area (Å²) in [6.45, 7) is 3.34. The first-order chi connectivity index (χ1) is 15.7. The van der Waals surface area contributed by atoms with Crippen molar-refractivity contribution in [3.05, 3.63) is 76.5 Å². The van der Waals surface area contributed by atoms with Gasteiger partial charge < -0.3 is 15.2 Å². The highest BCUT2D eigenvalue weighted by Crippen LogP contribution is 2.33. The van der Waals surface area contributed by atoms with E-state index in [9.17, 15) is 18.4 Å². The monoisotopic (exact) mass is 453 g/mol. The fourth-order valence-electron chi connectivity index (χ4n) is 3.17. The van der Waals surface area contributed by atoms with Crippen LogP contribution in [0.1, 0.15) is 63.9 Å². The molecule has 0 spiro atoms. The van der Waals surface area contributed by atoms with Gasteiger partial charge in [0.2, 0.25) is 5.88 Å². The molecule has 0 fully saturated rings. The van der Waals surface area contributed by atoms with Gasteiger partial charge in [0.15, 0.2) is 0 Å². The van der Waals surface area contributed by atoms with Gasteiger partial charge >= 0.3 is 5.97 Å². The van der Waals surface area contributed by atoms with Gasteiger partial charge in [0.25, 0.3) is 12.3 Å². The van der Waals surface area contributed by atoms with Crippen molar-refractivity contribution in [3.8, 4) is 23.5 Å². The molecule has 9 heteroatoms. The number of alkyl halides is 2. The van der Waals surface area contributed by atoms with Crippen molar-refractivity contribution in [2.24, 2.45) is 7.05 Å². The molecule has 1 unspecified atom stereocenters. The number of amides is 1. The van der Waals surface area contributed by atoms with Crippen molar-refractivity contribution in [2.75, 3.05) is 0 Å². The Balaban J connectivity index is 1.92. The number of benzene rings is 2. The van der Waals surface area contributed by atoms with Crippen LogP contribution < -0.4 is 10.1 Å². The second kappa shape index (κ2) is 9.96. The van der Waals surface area contributed by atoms with Crippen molar-refractivity contribution < 1.29 is 28.2 Å². The number of ether oxygens (including phenoxy) is 1. The Bertz CT molecular complexity index is 1240. The molecule has 0 aliphatic rings. The molecule has 0 saturated heterocycles. The van der Waals surface area contributed by atoms with Crippen LogP contribution in [0, 0.1) is 11.8 Å². The summed E-state index contributed by atoms with van der Waals surface area (Å²) in [6, 6.07) is 12.0. The van der Waals surface area contributed by atoms with Gasteiger partial charge in [0, 0.05) is 12.6 Å². The fourth-order valence-corrected chi connectivity index (χ4v) is 3.17. The summed E-state index contributed by atoms with van der Waals surface area (Å²) in [7, 11) is 1.40. The molecular weight excluding hydrogens is 432 g/mol. The first-order valence-corrected chi connectivity index (χ1v) is 9.91.